The van der Waals surface area contributed by atoms with Crippen LogP contribution in [0, 0.1) is 0 Å². The number of rotatable bonds is 1. The third-order valence-electron chi connectivity index (χ3n) is 2.71. The summed E-state index contributed by atoms with van der Waals surface area (Å²) >= 11 is 1.62. The standard InChI is InChI=1S/C11H11N3OS/c15-8-2-1-3-9-10(8)14-11(16-9)7-6-12-4-5-13-7/h4-6,8,15H,1-3H2. The summed E-state index contributed by atoms with van der Waals surface area (Å²) in [6, 6.07) is 0. The Hall–Kier alpha value is -1.33. The minimum Gasteiger partial charge on any atom is -0.387 e. The summed E-state index contributed by atoms with van der Waals surface area (Å²) in [4.78, 5) is 13.9. The third-order valence-corrected chi connectivity index (χ3v) is 3.86. The van der Waals surface area contributed by atoms with E-state index in [0.717, 1.165) is 35.7 Å². The van der Waals surface area contributed by atoms with Crippen LogP contribution in [0.2, 0.25) is 0 Å². The van der Waals surface area contributed by atoms with Crippen molar-refractivity contribution in [3.63, 3.8) is 0 Å². The Morgan fingerprint density at radius 3 is 3.06 bits per heavy atom. The summed E-state index contributed by atoms with van der Waals surface area (Å²) in [5, 5.41) is 10.7. The third kappa shape index (κ3) is 1.62. The highest BCUT2D eigenvalue weighted by atomic mass is 32.1. The number of aromatic nitrogens is 3. The number of fused-ring (bicyclic) bond motifs is 1. The minimum absolute atomic E-state index is 0.398. The van der Waals surface area contributed by atoms with Gasteiger partial charge in [-0.25, -0.2) is 4.98 Å². The van der Waals surface area contributed by atoms with Crippen molar-refractivity contribution in [2.45, 2.75) is 25.4 Å². The second-order valence-corrected chi connectivity index (χ2v) is 4.91. The smallest absolute Gasteiger partial charge is 0.144 e. The number of nitrogens with zero attached hydrogens (tertiary/aromatic N) is 3. The van der Waals surface area contributed by atoms with Gasteiger partial charge in [-0.05, 0) is 19.3 Å². The van der Waals surface area contributed by atoms with Gasteiger partial charge in [-0.2, -0.15) is 0 Å². The van der Waals surface area contributed by atoms with Crippen molar-refractivity contribution >= 4 is 11.3 Å². The van der Waals surface area contributed by atoms with E-state index >= 15 is 0 Å². The highest BCUT2D eigenvalue weighted by molar-refractivity contribution is 7.15. The van der Waals surface area contributed by atoms with Crippen molar-refractivity contribution in [3.8, 4) is 10.7 Å². The molecule has 2 heterocycles. The molecule has 0 aromatic carbocycles. The van der Waals surface area contributed by atoms with E-state index in [1.165, 1.54) is 4.88 Å². The number of hydrogen-bond donors (Lipinski definition) is 1. The average Bonchev–Trinajstić information content (AvgIpc) is 2.76. The molecule has 2 aromatic heterocycles. The molecule has 2 aromatic rings. The maximum atomic E-state index is 9.83. The monoisotopic (exact) mass is 233 g/mol. The van der Waals surface area contributed by atoms with E-state index in [9.17, 15) is 5.11 Å². The fourth-order valence-corrected chi connectivity index (χ4v) is 3.03. The Morgan fingerprint density at radius 2 is 2.31 bits per heavy atom. The van der Waals surface area contributed by atoms with Crippen molar-refractivity contribution in [1.29, 1.82) is 0 Å². The first-order valence-corrected chi connectivity index (χ1v) is 6.10. The summed E-state index contributed by atoms with van der Waals surface area (Å²) in [6.45, 7) is 0. The van der Waals surface area contributed by atoms with E-state index in [1.807, 2.05) is 0 Å². The molecule has 1 atom stereocenters. The molecule has 0 saturated heterocycles. The van der Waals surface area contributed by atoms with Crippen LogP contribution in [-0.4, -0.2) is 20.1 Å². The molecular formula is C11H11N3OS. The summed E-state index contributed by atoms with van der Waals surface area (Å²) in [6.07, 6.45) is 7.48. The zero-order valence-corrected chi connectivity index (χ0v) is 9.44. The number of hydrogen-bond acceptors (Lipinski definition) is 5. The first kappa shape index (κ1) is 9.86. The summed E-state index contributed by atoms with van der Waals surface area (Å²) in [7, 11) is 0. The van der Waals surface area contributed by atoms with Crippen molar-refractivity contribution in [2.24, 2.45) is 0 Å². The van der Waals surface area contributed by atoms with Gasteiger partial charge in [0, 0.05) is 17.3 Å². The Bertz CT molecular complexity index is 497. The van der Waals surface area contributed by atoms with E-state index in [1.54, 1.807) is 29.9 Å². The van der Waals surface area contributed by atoms with Crippen LogP contribution in [-0.2, 0) is 6.42 Å². The van der Waals surface area contributed by atoms with Gasteiger partial charge >= 0.3 is 0 Å². The summed E-state index contributed by atoms with van der Waals surface area (Å²) in [5.41, 5.74) is 1.63. The van der Waals surface area contributed by atoms with Gasteiger partial charge in [-0.1, -0.05) is 0 Å². The minimum atomic E-state index is -0.398. The zero-order chi connectivity index (χ0) is 11.0. The van der Waals surface area contributed by atoms with Crippen LogP contribution >= 0.6 is 11.3 Å². The Kier molecular flexibility index (Phi) is 2.41. The van der Waals surface area contributed by atoms with Crippen LogP contribution in [0.4, 0.5) is 0 Å². The topological polar surface area (TPSA) is 58.9 Å². The number of thiazole rings is 1. The molecule has 0 radical (unpaired) electrons. The average molecular weight is 233 g/mol. The van der Waals surface area contributed by atoms with E-state index in [2.05, 4.69) is 15.0 Å². The second-order valence-electron chi connectivity index (χ2n) is 3.83. The lowest BCUT2D eigenvalue weighted by Gasteiger charge is -2.14. The molecule has 3 rings (SSSR count). The molecule has 0 fully saturated rings. The maximum Gasteiger partial charge on any atom is 0.144 e. The van der Waals surface area contributed by atoms with Gasteiger partial charge in [-0.15, -0.1) is 11.3 Å². The molecule has 1 aliphatic rings. The molecule has 5 heteroatoms. The van der Waals surface area contributed by atoms with Crippen LogP contribution in [0.25, 0.3) is 10.7 Å². The maximum absolute atomic E-state index is 9.83. The Morgan fingerprint density at radius 1 is 1.38 bits per heavy atom. The first-order valence-electron chi connectivity index (χ1n) is 5.28. The van der Waals surface area contributed by atoms with Gasteiger partial charge in [0.05, 0.1) is 18.0 Å². The van der Waals surface area contributed by atoms with Gasteiger partial charge in [0.1, 0.15) is 10.7 Å². The van der Waals surface area contributed by atoms with Crippen LogP contribution in [0.3, 0.4) is 0 Å². The number of aryl methyl sites for hydroxylation is 1. The zero-order valence-electron chi connectivity index (χ0n) is 8.63. The summed E-state index contributed by atoms with van der Waals surface area (Å²) in [5.74, 6) is 0. The van der Waals surface area contributed by atoms with E-state index in [-0.39, 0.29) is 0 Å². The van der Waals surface area contributed by atoms with Crippen molar-refractivity contribution in [2.75, 3.05) is 0 Å². The SMILES string of the molecule is OC1CCCc2sc(-c3cnccn3)nc21. The molecule has 0 amide bonds. The highest BCUT2D eigenvalue weighted by Crippen LogP contribution is 2.36. The molecule has 0 saturated carbocycles. The lowest BCUT2D eigenvalue weighted by molar-refractivity contribution is 0.153. The van der Waals surface area contributed by atoms with E-state index in [4.69, 9.17) is 0 Å². The van der Waals surface area contributed by atoms with Crippen LogP contribution in [0.15, 0.2) is 18.6 Å². The first-order chi connectivity index (χ1) is 7.84. The number of aliphatic hydroxyl groups excluding tert-OH is 1. The van der Waals surface area contributed by atoms with Gasteiger partial charge in [0.25, 0.3) is 0 Å². The predicted molar refractivity (Wildman–Crippen MR) is 61.0 cm³/mol. The predicted octanol–water partition coefficient (Wildman–Crippen LogP) is 1.97. The van der Waals surface area contributed by atoms with E-state index < -0.39 is 6.10 Å². The molecular weight excluding hydrogens is 222 g/mol. The van der Waals surface area contributed by atoms with Crippen LogP contribution in [0.5, 0.6) is 0 Å². The molecule has 0 aliphatic heterocycles. The normalized spacial score (nSPS) is 19.4. The molecule has 82 valence electrons. The van der Waals surface area contributed by atoms with Gasteiger partial charge in [0.2, 0.25) is 0 Å². The fraction of sp³-hybridized carbons (Fsp3) is 0.364. The Labute approximate surface area is 97.0 Å². The Balaban J connectivity index is 2.05. The van der Waals surface area contributed by atoms with Crippen molar-refractivity contribution in [1.82, 2.24) is 15.0 Å². The lowest BCUT2D eigenvalue weighted by atomic mass is 10.0. The second kappa shape index (κ2) is 3.92. The molecule has 1 unspecified atom stereocenters. The lowest BCUT2D eigenvalue weighted by Crippen LogP contribution is -2.07. The fourth-order valence-electron chi connectivity index (χ4n) is 1.91. The van der Waals surface area contributed by atoms with Crippen molar-refractivity contribution in [3.05, 3.63) is 29.2 Å². The quantitative estimate of drug-likeness (QED) is 0.818. The largest absolute Gasteiger partial charge is 0.387 e. The van der Waals surface area contributed by atoms with Crippen LogP contribution in [0.1, 0.15) is 29.5 Å². The van der Waals surface area contributed by atoms with Gasteiger partial charge in [-0.3, -0.25) is 9.97 Å². The highest BCUT2D eigenvalue weighted by Gasteiger charge is 2.23. The van der Waals surface area contributed by atoms with Gasteiger partial charge in [0.15, 0.2) is 0 Å². The van der Waals surface area contributed by atoms with Gasteiger partial charge < -0.3 is 5.11 Å². The van der Waals surface area contributed by atoms with E-state index in [0.29, 0.717) is 0 Å². The van der Waals surface area contributed by atoms with Crippen LogP contribution < -0.4 is 0 Å². The molecule has 0 bridgehead atoms. The molecule has 1 aliphatic carbocycles. The molecule has 1 N–H and O–H groups in total. The number of aliphatic hydroxyl groups is 1. The van der Waals surface area contributed by atoms with Crippen molar-refractivity contribution < 1.29 is 5.11 Å². The molecule has 0 spiro atoms. The summed E-state index contributed by atoms with van der Waals surface area (Å²) < 4.78 is 0. The molecule has 4 nitrogen and oxygen atoms in total. The molecule has 16 heavy (non-hydrogen) atoms.